The van der Waals surface area contributed by atoms with Gasteiger partial charge in [-0.2, -0.15) is 0 Å². The van der Waals surface area contributed by atoms with Gasteiger partial charge in [-0.1, -0.05) is 0 Å². The summed E-state index contributed by atoms with van der Waals surface area (Å²) in [6.45, 7) is 0.344. The summed E-state index contributed by atoms with van der Waals surface area (Å²) in [5.41, 5.74) is 5.66. The van der Waals surface area contributed by atoms with Crippen LogP contribution in [0.3, 0.4) is 0 Å². The Morgan fingerprint density at radius 3 is 2.82 bits per heavy atom. The Kier molecular flexibility index (Phi) is 3.02. The molecule has 3 N–H and O–H groups in total. The molecule has 1 aliphatic carbocycles. The van der Waals surface area contributed by atoms with E-state index in [0.29, 0.717) is 12.2 Å². The number of carbonyl (C=O) groups is 1. The third-order valence-corrected chi connectivity index (χ3v) is 3.13. The highest BCUT2D eigenvalue weighted by atomic mass is 19.1. The standard InChI is InChI=1S/C12H15FN2O2/c1-17-10-6-8(2-3-9(10)13)15-11(16)12(7-14)4-5-12/h2-3,6H,4-5,7,14H2,1H3,(H,15,16). The molecular formula is C12H15FN2O2. The molecule has 1 amide bonds. The molecule has 92 valence electrons. The summed E-state index contributed by atoms with van der Waals surface area (Å²) in [5.74, 6) is -0.445. The SMILES string of the molecule is COc1cc(NC(=O)C2(CN)CC2)ccc1F. The Morgan fingerprint density at radius 2 is 2.29 bits per heavy atom. The van der Waals surface area contributed by atoms with Crippen LogP contribution in [0.1, 0.15) is 12.8 Å². The number of halogens is 1. The van der Waals surface area contributed by atoms with E-state index in [1.54, 1.807) is 0 Å². The average molecular weight is 238 g/mol. The molecule has 0 aliphatic heterocycles. The molecule has 1 aliphatic rings. The Bertz CT molecular complexity index is 444. The summed E-state index contributed by atoms with van der Waals surface area (Å²) < 4.78 is 18.0. The molecule has 1 saturated carbocycles. The number of ether oxygens (including phenoxy) is 1. The molecule has 5 heteroatoms. The number of hydrogen-bond donors (Lipinski definition) is 2. The van der Waals surface area contributed by atoms with Gasteiger partial charge < -0.3 is 15.8 Å². The molecule has 0 atom stereocenters. The second-order valence-corrected chi connectivity index (χ2v) is 4.29. The fraction of sp³-hybridized carbons (Fsp3) is 0.417. The third-order valence-electron chi connectivity index (χ3n) is 3.13. The maximum absolute atomic E-state index is 13.2. The predicted molar refractivity (Wildman–Crippen MR) is 62.3 cm³/mol. The van der Waals surface area contributed by atoms with Gasteiger partial charge in [0, 0.05) is 18.3 Å². The number of methoxy groups -OCH3 is 1. The van der Waals surface area contributed by atoms with Crippen molar-refractivity contribution in [3.05, 3.63) is 24.0 Å². The lowest BCUT2D eigenvalue weighted by Gasteiger charge is -2.13. The maximum atomic E-state index is 13.2. The highest BCUT2D eigenvalue weighted by Crippen LogP contribution is 2.45. The summed E-state index contributed by atoms with van der Waals surface area (Å²) in [5, 5.41) is 2.73. The zero-order valence-corrected chi connectivity index (χ0v) is 9.63. The molecule has 0 radical (unpaired) electrons. The lowest BCUT2D eigenvalue weighted by molar-refractivity contribution is -0.120. The molecule has 1 fully saturated rings. The van der Waals surface area contributed by atoms with E-state index >= 15 is 0 Å². The van der Waals surface area contributed by atoms with Crippen molar-refractivity contribution in [3.63, 3.8) is 0 Å². The van der Waals surface area contributed by atoms with Crippen LogP contribution >= 0.6 is 0 Å². The number of carbonyl (C=O) groups excluding carboxylic acids is 1. The first-order chi connectivity index (χ1) is 8.11. The van der Waals surface area contributed by atoms with Gasteiger partial charge in [-0.05, 0) is 25.0 Å². The number of anilines is 1. The van der Waals surface area contributed by atoms with E-state index < -0.39 is 11.2 Å². The van der Waals surface area contributed by atoms with E-state index in [1.807, 2.05) is 0 Å². The molecule has 0 bridgehead atoms. The first-order valence-electron chi connectivity index (χ1n) is 5.46. The molecule has 4 nitrogen and oxygen atoms in total. The van der Waals surface area contributed by atoms with Gasteiger partial charge in [0.1, 0.15) is 0 Å². The molecule has 17 heavy (non-hydrogen) atoms. The molecule has 0 aromatic heterocycles. The van der Waals surface area contributed by atoms with Crippen LogP contribution in [0, 0.1) is 11.2 Å². The summed E-state index contributed by atoms with van der Waals surface area (Å²) in [7, 11) is 1.38. The van der Waals surface area contributed by atoms with Gasteiger partial charge in [-0.25, -0.2) is 4.39 Å². The van der Waals surface area contributed by atoms with E-state index in [0.717, 1.165) is 12.8 Å². The van der Waals surface area contributed by atoms with Crippen molar-refractivity contribution >= 4 is 11.6 Å². The second kappa shape index (κ2) is 4.33. The largest absolute Gasteiger partial charge is 0.494 e. The van der Waals surface area contributed by atoms with Crippen LogP contribution in [0.25, 0.3) is 0 Å². The lowest BCUT2D eigenvalue weighted by atomic mass is 10.1. The van der Waals surface area contributed by atoms with Gasteiger partial charge in [-0.15, -0.1) is 0 Å². The number of rotatable bonds is 4. The molecular weight excluding hydrogens is 223 g/mol. The fourth-order valence-corrected chi connectivity index (χ4v) is 1.68. The van der Waals surface area contributed by atoms with E-state index in [-0.39, 0.29) is 11.7 Å². The van der Waals surface area contributed by atoms with Crippen molar-refractivity contribution < 1.29 is 13.9 Å². The minimum absolute atomic E-state index is 0.103. The number of benzene rings is 1. The monoisotopic (exact) mass is 238 g/mol. The second-order valence-electron chi connectivity index (χ2n) is 4.29. The van der Waals surface area contributed by atoms with Crippen molar-refractivity contribution in [3.8, 4) is 5.75 Å². The third kappa shape index (κ3) is 2.24. The van der Waals surface area contributed by atoms with Crippen LogP contribution in [0.5, 0.6) is 5.75 Å². The average Bonchev–Trinajstić information content (AvgIpc) is 3.12. The minimum atomic E-state index is -0.453. The van der Waals surface area contributed by atoms with Gasteiger partial charge in [0.05, 0.1) is 12.5 Å². The van der Waals surface area contributed by atoms with Crippen molar-refractivity contribution in [2.24, 2.45) is 11.1 Å². The van der Waals surface area contributed by atoms with E-state index in [2.05, 4.69) is 5.32 Å². The molecule has 0 heterocycles. The normalized spacial score (nSPS) is 16.4. The first-order valence-corrected chi connectivity index (χ1v) is 5.46. The van der Waals surface area contributed by atoms with Crippen LogP contribution in [-0.4, -0.2) is 19.6 Å². The Labute approximate surface area is 98.9 Å². The number of nitrogens with two attached hydrogens (primary N) is 1. The van der Waals surface area contributed by atoms with Crippen LogP contribution < -0.4 is 15.8 Å². The van der Waals surface area contributed by atoms with Crippen molar-refractivity contribution in [2.75, 3.05) is 19.0 Å². The van der Waals surface area contributed by atoms with E-state index in [9.17, 15) is 9.18 Å². The van der Waals surface area contributed by atoms with Gasteiger partial charge in [0.15, 0.2) is 11.6 Å². The van der Waals surface area contributed by atoms with E-state index in [4.69, 9.17) is 10.5 Å². The fourth-order valence-electron chi connectivity index (χ4n) is 1.68. The smallest absolute Gasteiger partial charge is 0.231 e. The molecule has 0 saturated heterocycles. The summed E-state index contributed by atoms with van der Waals surface area (Å²) >= 11 is 0. The molecule has 2 rings (SSSR count). The minimum Gasteiger partial charge on any atom is -0.494 e. The Hall–Kier alpha value is -1.62. The van der Waals surface area contributed by atoms with Crippen LogP contribution in [-0.2, 0) is 4.79 Å². The Balaban J connectivity index is 2.11. The van der Waals surface area contributed by atoms with E-state index in [1.165, 1.54) is 25.3 Å². The van der Waals surface area contributed by atoms with Crippen molar-refractivity contribution in [2.45, 2.75) is 12.8 Å². The van der Waals surface area contributed by atoms with Crippen molar-refractivity contribution in [1.29, 1.82) is 0 Å². The lowest BCUT2D eigenvalue weighted by Crippen LogP contribution is -2.30. The zero-order chi connectivity index (χ0) is 12.5. The quantitative estimate of drug-likeness (QED) is 0.835. The molecule has 1 aromatic rings. The van der Waals surface area contributed by atoms with Gasteiger partial charge in [-0.3, -0.25) is 4.79 Å². The van der Waals surface area contributed by atoms with Gasteiger partial charge >= 0.3 is 0 Å². The predicted octanol–water partition coefficient (Wildman–Crippen LogP) is 1.51. The summed E-state index contributed by atoms with van der Waals surface area (Å²) in [6.07, 6.45) is 1.63. The highest BCUT2D eigenvalue weighted by Gasteiger charge is 2.48. The maximum Gasteiger partial charge on any atom is 0.231 e. The first kappa shape index (κ1) is 11.9. The molecule has 1 aromatic carbocycles. The highest BCUT2D eigenvalue weighted by molar-refractivity contribution is 5.97. The zero-order valence-electron chi connectivity index (χ0n) is 9.63. The Morgan fingerprint density at radius 1 is 1.59 bits per heavy atom. The number of nitrogens with one attached hydrogen (secondary N) is 1. The van der Waals surface area contributed by atoms with Crippen LogP contribution in [0.4, 0.5) is 10.1 Å². The van der Waals surface area contributed by atoms with Crippen molar-refractivity contribution in [1.82, 2.24) is 0 Å². The number of hydrogen-bond acceptors (Lipinski definition) is 3. The number of amides is 1. The van der Waals surface area contributed by atoms with Crippen LogP contribution in [0.2, 0.25) is 0 Å². The van der Waals surface area contributed by atoms with Gasteiger partial charge in [0.25, 0.3) is 0 Å². The van der Waals surface area contributed by atoms with Gasteiger partial charge in [0.2, 0.25) is 5.91 Å². The molecule has 0 unspecified atom stereocenters. The summed E-state index contributed by atoms with van der Waals surface area (Å²) in [4.78, 5) is 11.9. The topological polar surface area (TPSA) is 64.3 Å². The molecule has 0 spiro atoms. The van der Waals surface area contributed by atoms with Crippen LogP contribution in [0.15, 0.2) is 18.2 Å². The summed E-state index contributed by atoms with van der Waals surface area (Å²) in [6, 6.07) is 4.22.